The SMILES string of the molecule is Cc1ccc(-n2c(SCc3ccc(F)cc3)nnc2C(C)NC(=O)NC(C)(C)C)cc1. The second kappa shape index (κ2) is 9.51. The van der Waals surface area contributed by atoms with Gasteiger partial charge < -0.3 is 10.6 Å². The third kappa shape index (κ3) is 6.30. The molecule has 0 spiro atoms. The minimum atomic E-state index is -0.365. The number of rotatable bonds is 6. The van der Waals surface area contributed by atoms with E-state index in [1.165, 1.54) is 23.9 Å². The molecule has 0 radical (unpaired) electrons. The molecule has 0 aliphatic heterocycles. The van der Waals surface area contributed by atoms with Crippen LogP contribution in [0.4, 0.5) is 9.18 Å². The van der Waals surface area contributed by atoms with Crippen molar-refractivity contribution in [1.29, 1.82) is 0 Å². The van der Waals surface area contributed by atoms with Crippen molar-refractivity contribution in [2.24, 2.45) is 0 Å². The lowest BCUT2D eigenvalue weighted by Crippen LogP contribution is -2.47. The van der Waals surface area contributed by atoms with Gasteiger partial charge in [0.25, 0.3) is 0 Å². The van der Waals surface area contributed by atoms with Gasteiger partial charge in [-0.25, -0.2) is 9.18 Å². The number of halogens is 1. The summed E-state index contributed by atoms with van der Waals surface area (Å²) in [6.07, 6.45) is 0. The monoisotopic (exact) mass is 441 g/mol. The number of amides is 2. The fraction of sp³-hybridized carbons (Fsp3) is 0.348. The zero-order chi connectivity index (χ0) is 22.6. The molecule has 1 atom stereocenters. The Bertz CT molecular complexity index is 1030. The van der Waals surface area contributed by atoms with Crippen LogP contribution in [0.5, 0.6) is 0 Å². The molecule has 0 aliphatic carbocycles. The maximum atomic E-state index is 13.2. The first-order valence-electron chi connectivity index (χ1n) is 10.1. The molecule has 1 aromatic heterocycles. The topological polar surface area (TPSA) is 71.8 Å². The second-order valence-corrected chi connectivity index (χ2v) is 9.44. The number of thioether (sulfide) groups is 1. The minimum Gasteiger partial charge on any atom is -0.334 e. The van der Waals surface area contributed by atoms with E-state index in [0.29, 0.717) is 16.7 Å². The summed E-state index contributed by atoms with van der Waals surface area (Å²) in [5.74, 6) is 0.998. The first kappa shape index (κ1) is 22.8. The molecule has 2 amide bonds. The number of carbonyl (C=O) groups excluding carboxylic acids is 1. The number of hydrogen-bond acceptors (Lipinski definition) is 4. The number of aromatic nitrogens is 3. The highest BCUT2D eigenvalue weighted by Crippen LogP contribution is 2.28. The number of hydrogen-bond donors (Lipinski definition) is 2. The van der Waals surface area contributed by atoms with Crippen molar-refractivity contribution in [3.05, 3.63) is 71.3 Å². The zero-order valence-electron chi connectivity index (χ0n) is 18.4. The van der Waals surface area contributed by atoms with Gasteiger partial charge in [0.1, 0.15) is 5.82 Å². The summed E-state index contributed by atoms with van der Waals surface area (Å²) in [7, 11) is 0. The van der Waals surface area contributed by atoms with Crippen molar-refractivity contribution in [2.45, 2.75) is 57.1 Å². The van der Waals surface area contributed by atoms with Gasteiger partial charge in [0.05, 0.1) is 6.04 Å². The number of benzene rings is 2. The lowest BCUT2D eigenvalue weighted by Gasteiger charge is -2.23. The van der Waals surface area contributed by atoms with Crippen LogP contribution in [0.25, 0.3) is 5.69 Å². The third-order valence-corrected chi connectivity index (χ3v) is 5.46. The standard InChI is InChI=1S/C23H28FN5OS/c1-15-6-12-19(13-7-15)29-20(16(2)25-21(30)26-23(3,4)5)27-28-22(29)31-14-17-8-10-18(24)11-9-17/h6-13,16H,14H2,1-5H3,(H2,25,26,30). The van der Waals surface area contributed by atoms with E-state index in [1.807, 2.05) is 63.5 Å². The van der Waals surface area contributed by atoms with Gasteiger partial charge in [-0.2, -0.15) is 0 Å². The lowest BCUT2D eigenvalue weighted by atomic mass is 10.1. The van der Waals surface area contributed by atoms with E-state index in [4.69, 9.17) is 0 Å². The van der Waals surface area contributed by atoms with Crippen LogP contribution in [0.1, 0.15) is 50.7 Å². The summed E-state index contributed by atoms with van der Waals surface area (Å²) in [4.78, 5) is 12.4. The van der Waals surface area contributed by atoms with Crippen LogP contribution in [0.2, 0.25) is 0 Å². The Morgan fingerprint density at radius 3 is 2.35 bits per heavy atom. The van der Waals surface area contributed by atoms with Crippen LogP contribution in [0.3, 0.4) is 0 Å². The molecular weight excluding hydrogens is 413 g/mol. The van der Waals surface area contributed by atoms with Crippen LogP contribution in [0, 0.1) is 12.7 Å². The van der Waals surface area contributed by atoms with E-state index >= 15 is 0 Å². The number of carbonyl (C=O) groups is 1. The van der Waals surface area contributed by atoms with Gasteiger partial charge in [0.2, 0.25) is 0 Å². The molecule has 1 heterocycles. The number of urea groups is 1. The highest BCUT2D eigenvalue weighted by Gasteiger charge is 2.22. The lowest BCUT2D eigenvalue weighted by molar-refractivity contribution is 0.228. The largest absolute Gasteiger partial charge is 0.334 e. The highest BCUT2D eigenvalue weighted by atomic mass is 32.2. The molecule has 8 heteroatoms. The summed E-state index contributed by atoms with van der Waals surface area (Å²) >= 11 is 1.51. The Morgan fingerprint density at radius 2 is 1.74 bits per heavy atom. The predicted molar refractivity (Wildman–Crippen MR) is 122 cm³/mol. The molecule has 0 saturated heterocycles. The average molecular weight is 442 g/mol. The average Bonchev–Trinajstić information content (AvgIpc) is 3.10. The molecule has 2 N–H and O–H groups in total. The summed E-state index contributed by atoms with van der Waals surface area (Å²) in [6, 6.07) is 13.9. The summed E-state index contributed by atoms with van der Waals surface area (Å²) in [5, 5.41) is 15.3. The molecule has 31 heavy (non-hydrogen) atoms. The first-order valence-corrected chi connectivity index (χ1v) is 11.1. The number of nitrogens with one attached hydrogen (secondary N) is 2. The second-order valence-electron chi connectivity index (χ2n) is 8.50. The molecule has 0 bridgehead atoms. The predicted octanol–water partition coefficient (Wildman–Crippen LogP) is 5.17. The van der Waals surface area contributed by atoms with Crippen LogP contribution >= 0.6 is 11.8 Å². The van der Waals surface area contributed by atoms with E-state index in [9.17, 15) is 9.18 Å². The number of nitrogens with zero attached hydrogens (tertiary/aromatic N) is 3. The van der Waals surface area contributed by atoms with Crippen molar-refractivity contribution in [2.75, 3.05) is 0 Å². The van der Waals surface area contributed by atoms with Gasteiger partial charge in [-0.3, -0.25) is 4.57 Å². The Kier molecular flexibility index (Phi) is 7.00. The molecule has 1 unspecified atom stereocenters. The summed E-state index contributed by atoms with van der Waals surface area (Å²) < 4.78 is 15.1. The van der Waals surface area contributed by atoms with E-state index < -0.39 is 0 Å². The summed E-state index contributed by atoms with van der Waals surface area (Å²) in [5.41, 5.74) is 2.71. The van der Waals surface area contributed by atoms with Crippen molar-refractivity contribution in [1.82, 2.24) is 25.4 Å². The minimum absolute atomic E-state index is 0.257. The van der Waals surface area contributed by atoms with Gasteiger partial charge in [-0.15, -0.1) is 10.2 Å². The van der Waals surface area contributed by atoms with Crippen LogP contribution in [-0.4, -0.2) is 26.3 Å². The van der Waals surface area contributed by atoms with Gasteiger partial charge in [-0.1, -0.05) is 41.6 Å². The van der Waals surface area contributed by atoms with Crippen LogP contribution in [0.15, 0.2) is 53.7 Å². The normalized spacial score (nSPS) is 12.5. The summed E-state index contributed by atoms with van der Waals surface area (Å²) in [6.45, 7) is 9.69. The van der Waals surface area contributed by atoms with Gasteiger partial charge in [-0.05, 0) is 64.4 Å². The maximum Gasteiger partial charge on any atom is 0.315 e. The molecule has 0 aliphatic rings. The van der Waals surface area contributed by atoms with Gasteiger partial charge >= 0.3 is 6.03 Å². The quantitative estimate of drug-likeness (QED) is 0.518. The highest BCUT2D eigenvalue weighted by molar-refractivity contribution is 7.98. The van der Waals surface area contributed by atoms with Gasteiger partial charge in [0, 0.05) is 17.0 Å². The van der Waals surface area contributed by atoms with E-state index in [-0.39, 0.29) is 23.4 Å². The Morgan fingerprint density at radius 1 is 1.10 bits per heavy atom. The Balaban J connectivity index is 1.87. The molecule has 3 aromatic rings. The fourth-order valence-electron chi connectivity index (χ4n) is 2.96. The molecule has 0 fully saturated rings. The Labute approximate surface area is 186 Å². The molecule has 2 aromatic carbocycles. The van der Waals surface area contributed by atoms with Crippen molar-refractivity contribution >= 4 is 17.8 Å². The third-order valence-electron chi connectivity index (χ3n) is 4.46. The van der Waals surface area contributed by atoms with Crippen LogP contribution in [-0.2, 0) is 5.75 Å². The molecule has 0 saturated carbocycles. The van der Waals surface area contributed by atoms with Crippen molar-refractivity contribution in [3.63, 3.8) is 0 Å². The molecule has 3 rings (SSSR count). The zero-order valence-corrected chi connectivity index (χ0v) is 19.3. The Hall–Kier alpha value is -2.87. The first-order chi connectivity index (χ1) is 14.6. The number of aryl methyl sites for hydroxylation is 1. The smallest absolute Gasteiger partial charge is 0.315 e. The molecule has 6 nitrogen and oxygen atoms in total. The fourth-order valence-corrected chi connectivity index (χ4v) is 3.87. The van der Waals surface area contributed by atoms with E-state index in [2.05, 4.69) is 20.8 Å². The van der Waals surface area contributed by atoms with Crippen LogP contribution < -0.4 is 10.6 Å². The maximum absolute atomic E-state index is 13.2. The van der Waals surface area contributed by atoms with Crippen molar-refractivity contribution in [3.8, 4) is 5.69 Å². The molecular formula is C23H28FN5OS. The van der Waals surface area contributed by atoms with E-state index in [0.717, 1.165) is 16.8 Å². The molecule has 164 valence electrons. The van der Waals surface area contributed by atoms with Crippen molar-refractivity contribution < 1.29 is 9.18 Å². The van der Waals surface area contributed by atoms with E-state index in [1.54, 1.807) is 12.1 Å². The van der Waals surface area contributed by atoms with Gasteiger partial charge in [0.15, 0.2) is 11.0 Å².